The fourth-order valence-electron chi connectivity index (χ4n) is 4.58. The first-order valence-corrected chi connectivity index (χ1v) is 12.6. The van der Waals surface area contributed by atoms with E-state index in [-0.39, 0.29) is 24.1 Å². The SMILES string of the molecule is CC(C(=O)NC(C)(C)C)N(Cc1ccc(Cl)cc1)C(=O)CCCN1C(=O)c2cccc3cccc1c23. The van der Waals surface area contributed by atoms with Crippen molar-refractivity contribution in [1.82, 2.24) is 10.2 Å². The monoisotopic (exact) mass is 505 g/mol. The predicted molar refractivity (Wildman–Crippen MR) is 144 cm³/mol. The molecule has 3 aromatic rings. The minimum absolute atomic E-state index is 0.0369. The maximum Gasteiger partial charge on any atom is 0.258 e. The quantitative estimate of drug-likeness (QED) is 0.435. The smallest absolute Gasteiger partial charge is 0.258 e. The van der Waals surface area contributed by atoms with Crippen LogP contribution in [0.4, 0.5) is 5.69 Å². The molecule has 0 bridgehead atoms. The van der Waals surface area contributed by atoms with Gasteiger partial charge in [-0.25, -0.2) is 0 Å². The van der Waals surface area contributed by atoms with E-state index in [1.807, 2.05) is 69.3 Å². The molecule has 1 aliphatic heterocycles. The van der Waals surface area contributed by atoms with Crippen molar-refractivity contribution in [2.24, 2.45) is 0 Å². The van der Waals surface area contributed by atoms with E-state index < -0.39 is 11.6 Å². The van der Waals surface area contributed by atoms with Crippen LogP contribution in [0, 0.1) is 0 Å². The number of rotatable bonds is 8. The van der Waals surface area contributed by atoms with Gasteiger partial charge in [-0.2, -0.15) is 0 Å². The number of anilines is 1. The second-order valence-electron chi connectivity index (χ2n) is 10.3. The lowest BCUT2D eigenvalue weighted by molar-refractivity contribution is -0.141. The summed E-state index contributed by atoms with van der Waals surface area (Å²) >= 11 is 6.02. The van der Waals surface area contributed by atoms with Gasteiger partial charge in [0.15, 0.2) is 0 Å². The number of hydrogen-bond donors (Lipinski definition) is 1. The first-order chi connectivity index (χ1) is 17.0. The summed E-state index contributed by atoms with van der Waals surface area (Å²) in [6, 6.07) is 18.3. The van der Waals surface area contributed by atoms with Crippen LogP contribution in [-0.2, 0) is 16.1 Å². The fourth-order valence-corrected chi connectivity index (χ4v) is 4.70. The summed E-state index contributed by atoms with van der Waals surface area (Å²) in [5.41, 5.74) is 2.06. The van der Waals surface area contributed by atoms with Crippen molar-refractivity contribution >= 4 is 45.8 Å². The Labute approximate surface area is 217 Å². The van der Waals surface area contributed by atoms with Crippen LogP contribution in [0.25, 0.3) is 10.8 Å². The average Bonchev–Trinajstić information content (AvgIpc) is 3.10. The number of benzene rings is 3. The minimum Gasteiger partial charge on any atom is -0.350 e. The molecule has 1 heterocycles. The maximum absolute atomic E-state index is 13.4. The van der Waals surface area contributed by atoms with E-state index in [4.69, 9.17) is 11.6 Å². The highest BCUT2D eigenvalue weighted by Crippen LogP contribution is 2.37. The molecule has 1 atom stereocenters. The van der Waals surface area contributed by atoms with Crippen molar-refractivity contribution in [2.75, 3.05) is 11.4 Å². The highest BCUT2D eigenvalue weighted by molar-refractivity contribution is 6.30. The zero-order valence-electron chi connectivity index (χ0n) is 21.2. The summed E-state index contributed by atoms with van der Waals surface area (Å²) in [6.07, 6.45) is 0.705. The summed E-state index contributed by atoms with van der Waals surface area (Å²) in [5.74, 6) is -0.379. The standard InChI is InChI=1S/C29H32ClN3O3/c1-19(27(35)31-29(2,3)4)33(18-20-13-15-22(30)16-14-20)25(34)12-7-17-32-24-11-6-9-21-8-5-10-23(26(21)24)28(32)36/h5-6,8-11,13-16,19H,7,12,17-18H2,1-4H3,(H,31,35). The Kier molecular flexibility index (Phi) is 7.36. The third-order valence-corrected chi connectivity index (χ3v) is 6.61. The van der Waals surface area contributed by atoms with Gasteiger partial charge < -0.3 is 15.1 Å². The molecule has 4 rings (SSSR count). The number of halogens is 1. The molecule has 7 heteroatoms. The zero-order valence-corrected chi connectivity index (χ0v) is 21.9. The summed E-state index contributed by atoms with van der Waals surface area (Å²) in [4.78, 5) is 42.7. The number of nitrogens with zero attached hydrogens (tertiary/aromatic N) is 2. The highest BCUT2D eigenvalue weighted by Gasteiger charge is 2.31. The van der Waals surface area contributed by atoms with E-state index in [9.17, 15) is 14.4 Å². The van der Waals surface area contributed by atoms with Gasteiger partial charge in [0.2, 0.25) is 11.8 Å². The van der Waals surface area contributed by atoms with Crippen LogP contribution in [0.2, 0.25) is 5.02 Å². The molecule has 0 saturated heterocycles. The van der Waals surface area contributed by atoms with Crippen LogP contribution in [0.5, 0.6) is 0 Å². The molecule has 188 valence electrons. The molecule has 6 nitrogen and oxygen atoms in total. The summed E-state index contributed by atoms with van der Waals surface area (Å²) < 4.78 is 0. The van der Waals surface area contributed by atoms with Gasteiger partial charge in [0.05, 0.1) is 5.69 Å². The molecular formula is C29H32ClN3O3. The maximum atomic E-state index is 13.4. The van der Waals surface area contributed by atoms with E-state index in [1.54, 1.807) is 28.9 Å². The molecule has 1 N–H and O–H groups in total. The summed E-state index contributed by atoms with van der Waals surface area (Å²) in [7, 11) is 0. The van der Waals surface area contributed by atoms with E-state index >= 15 is 0 Å². The Morgan fingerprint density at radius 3 is 2.36 bits per heavy atom. The van der Waals surface area contributed by atoms with Crippen LogP contribution in [-0.4, -0.2) is 40.7 Å². The van der Waals surface area contributed by atoms with Gasteiger partial charge in [-0.05, 0) is 69.3 Å². The third-order valence-electron chi connectivity index (χ3n) is 6.35. The molecule has 36 heavy (non-hydrogen) atoms. The number of carbonyl (C=O) groups is 3. The first-order valence-electron chi connectivity index (χ1n) is 12.2. The van der Waals surface area contributed by atoms with Crippen molar-refractivity contribution in [1.29, 1.82) is 0 Å². The van der Waals surface area contributed by atoms with E-state index in [2.05, 4.69) is 5.32 Å². The molecule has 0 saturated carbocycles. The van der Waals surface area contributed by atoms with Gasteiger partial charge >= 0.3 is 0 Å². The van der Waals surface area contributed by atoms with Crippen molar-refractivity contribution < 1.29 is 14.4 Å². The van der Waals surface area contributed by atoms with Crippen LogP contribution < -0.4 is 10.2 Å². The second kappa shape index (κ2) is 10.3. The molecule has 0 aliphatic carbocycles. The van der Waals surface area contributed by atoms with Crippen LogP contribution in [0.3, 0.4) is 0 Å². The zero-order chi connectivity index (χ0) is 26.0. The number of carbonyl (C=O) groups excluding carboxylic acids is 3. The first kappa shape index (κ1) is 25.7. The Bertz CT molecular complexity index is 1290. The summed E-state index contributed by atoms with van der Waals surface area (Å²) in [5, 5.41) is 5.58. The molecule has 0 fully saturated rings. The molecule has 1 unspecified atom stereocenters. The lowest BCUT2D eigenvalue weighted by atomic mass is 10.1. The van der Waals surface area contributed by atoms with Crippen molar-refractivity contribution in [3.63, 3.8) is 0 Å². The molecule has 3 amide bonds. The second-order valence-corrected chi connectivity index (χ2v) is 10.7. The lowest BCUT2D eigenvalue weighted by Crippen LogP contribution is -2.52. The third kappa shape index (κ3) is 5.54. The lowest BCUT2D eigenvalue weighted by Gasteiger charge is -2.31. The summed E-state index contributed by atoms with van der Waals surface area (Å²) in [6.45, 7) is 8.20. The largest absolute Gasteiger partial charge is 0.350 e. The van der Waals surface area contributed by atoms with E-state index in [1.165, 1.54) is 0 Å². The molecule has 0 aromatic heterocycles. The Morgan fingerprint density at radius 1 is 1.03 bits per heavy atom. The van der Waals surface area contributed by atoms with Gasteiger partial charge in [-0.1, -0.05) is 48.0 Å². The molecular weight excluding hydrogens is 474 g/mol. The van der Waals surface area contributed by atoms with Crippen LogP contribution in [0.15, 0.2) is 60.7 Å². The van der Waals surface area contributed by atoms with Crippen LogP contribution in [0.1, 0.15) is 56.5 Å². The number of hydrogen-bond acceptors (Lipinski definition) is 3. The molecule has 1 aliphatic rings. The van der Waals surface area contributed by atoms with Gasteiger partial charge in [0.25, 0.3) is 5.91 Å². The minimum atomic E-state index is -0.654. The van der Waals surface area contributed by atoms with E-state index in [0.29, 0.717) is 30.1 Å². The fraction of sp³-hybridized carbons (Fsp3) is 0.345. The number of amides is 3. The normalized spacial score (nSPS) is 13.7. The van der Waals surface area contributed by atoms with Gasteiger partial charge in [0.1, 0.15) is 6.04 Å². The molecule has 0 radical (unpaired) electrons. The van der Waals surface area contributed by atoms with Crippen molar-refractivity contribution in [3.05, 3.63) is 76.8 Å². The Balaban J connectivity index is 1.47. The van der Waals surface area contributed by atoms with Crippen molar-refractivity contribution in [3.8, 4) is 0 Å². The predicted octanol–water partition coefficient (Wildman–Crippen LogP) is 5.57. The van der Waals surface area contributed by atoms with Gasteiger partial charge in [0, 0.05) is 41.0 Å². The topological polar surface area (TPSA) is 69.7 Å². The van der Waals surface area contributed by atoms with Gasteiger partial charge in [-0.15, -0.1) is 0 Å². The van der Waals surface area contributed by atoms with Crippen LogP contribution >= 0.6 is 11.6 Å². The van der Waals surface area contributed by atoms with Crippen molar-refractivity contribution in [2.45, 2.75) is 58.7 Å². The molecule has 0 spiro atoms. The Morgan fingerprint density at radius 2 is 1.69 bits per heavy atom. The number of nitrogens with one attached hydrogen (secondary N) is 1. The van der Waals surface area contributed by atoms with E-state index in [0.717, 1.165) is 22.0 Å². The molecule has 3 aromatic carbocycles. The average molecular weight is 506 g/mol. The van der Waals surface area contributed by atoms with Gasteiger partial charge in [-0.3, -0.25) is 14.4 Å². The Hall–Kier alpha value is -3.38. The highest BCUT2D eigenvalue weighted by atomic mass is 35.5.